The van der Waals surface area contributed by atoms with Crippen LogP contribution in [0.4, 0.5) is 27.6 Å². The van der Waals surface area contributed by atoms with Crippen molar-refractivity contribution in [1.29, 1.82) is 0 Å². The number of rotatable bonds is 7. The number of halogens is 6. The minimum Gasteiger partial charge on any atom is -0.405 e. The predicted octanol–water partition coefficient (Wildman–Crippen LogP) is 7.94. The van der Waals surface area contributed by atoms with E-state index in [1.807, 2.05) is 0 Å². The SMILES string of the molecule is FC(F)(F)Oc1ccccc1-c1noc(C2CC2)c1COC1CCN(c2ccc(C#CSI)cc2)CC1(F)F. The van der Waals surface area contributed by atoms with Gasteiger partial charge in [0.1, 0.15) is 23.3 Å². The number of ether oxygens (including phenoxy) is 2. The zero-order valence-corrected chi connectivity index (χ0v) is 23.3. The average molecular weight is 676 g/mol. The number of nitrogens with zero attached hydrogens (tertiary/aromatic N) is 2. The van der Waals surface area contributed by atoms with E-state index in [9.17, 15) is 13.2 Å². The summed E-state index contributed by atoms with van der Waals surface area (Å²) in [6.07, 6.45) is -4.59. The molecule has 0 amide bonds. The molecule has 0 radical (unpaired) electrons. The highest BCUT2D eigenvalue weighted by atomic mass is 127. The number of alkyl halides is 5. The fraction of sp³-hybridized carbons (Fsp3) is 0.370. The van der Waals surface area contributed by atoms with Crippen LogP contribution in [0.1, 0.15) is 42.1 Å². The van der Waals surface area contributed by atoms with E-state index >= 15 is 8.78 Å². The molecule has 5 rings (SSSR count). The summed E-state index contributed by atoms with van der Waals surface area (Å²) in [6, 6.07) is 12.7. The van der Waals surface area contributed by atoms with Crippen molar-refractivity contribution in [3.05, 3.63) is 65.4 Å². The van der Waals surface area contributed by atoms with E-state index in [4.69, 9.17) is 9.26 Å². The highest BCUT2D eigenvalue weighted by Crippen LogP contribution is 2.46. The highest BCUT2D eigenvalue weighted by Gasteiger charge is 2.46. The number of piperidine rings is 1. The van der Waals surface area contributed by atoms with Gasteiger partial charge in [0.15, 0.2) is 0 Å². The molecule has 5 nitrogen and oxygen atoms in total. The Morgan fingerprint density at radius 2 is 1.85 bits per heavy atom. The van der Waals surface area contributed by atoms with Crippen LogP contribution in [0.25, 0.3) is 11.3 Å². The van der Waals surface area contributed by atoms with Gasteiger partial charge in [0.25, 0.3) is 5.92 Å². The van der Waals surface area contributed by atoms with E-state index in [0.29, 0.717) is 23.6 Å². The lowest BCUT2D eigenvalue weighted by Crippen LogP contribution is -2.52. The van der Waals surface area contributed by atoms with Crippen LogP contribution in [0.2, 0.25) is 0 Å². The van der Waals surface area contributed by atoms with Gasteiger partial charge in [-0.15, -0.1) is 13.2 Å². The maximum Gasteiger partial charge on any atom is 0.573 e. The zero-order valence-electron chi connectivity index (χ0n) is 20.3. The lowest BCUT2D eigenvalue weighted by atomic mass is 10.0. The zero-order chi connectivity index (χ0) is 27.6. The van der Waals surface area contributed by atoms with Crippen molar-refractivity contribution < 1.29 is 35.9 Å². The van der Waals surface area contributed by atoms with Crippen molar-refractivity contribution >= 4 is 35.8 Å². The second kappa shape index (κ2) is 11.5. The lowest BCUT2D eigenvalue weighted by Gasteiger charge is -2.39. The first-order valence-corrected chi connectivity index (χ1v) is 15.5. The molecule has 1 unspecified atom stereocenters. The quantitative estimate of drug-likeness (QED) is 0.144. The molecule has 1 aliphatic carbocycles. The van der Waals surface area contributed by atoms with Gasteiger partial charge in [0.05, 0.1) is 13.2 Å². The van der Waals surface area contributed by atoms with Crippen molar-refractivity contribution in [2.75, 3.05) is 18.0 Å². The smallest absolute Gasteiger partial charge is 0.405 e. The molecule has 12 heteroatoms. The van der Waals surface area contributed by atoms with Crippen molar-refractivity contribution in [1.82, 2.24) is 5.16 Å². The molecule has 2 aliphatic rings. The van der Waals surface area contributed by atoms with Crippen LogP contribution >= 0.6 is 30.1 Å². The summed E-state index contributed by atoms with van der Waals surface area (Å²) in [6.45, 7) is -0.447. The van der Waals surface area contributed by atoms with Crippen LogP contribution in [0, 0.1) is 11.2 Å². The Balaban J connectivity index is 1.32. The summed E-state index contributed by atoms with van der Waals surface area (Å²) in [4.78, 5) is 1.61. The summed E-state index contributed by atoms with van der Waals surface area (Å²) in [5.74, 6) is -0.160. The molecule has 2 fully saturated rings. The van der Waals surface area contributed by atoms with Crippen LogP contribution in [-0.4, -0.2) is 36.6 Å². The first-order valence-electron chi connectivity index (χ1n) is 12.1. The van der Waals surface area contributed by atoms with Gasteiger partial charge < -0.3 is 18.9 Å². The maximum atomic E-state index is 15.2. The van der Waals surface area contributed by atoms with E-state index < -0.39 is 30.7 Å². The molecular formula is C27H22F5IN2O3S. The number of anilines is 1. The van der Waals surface area contributed by atoms with Gasteiger partial charge in [-0.1, -0.05) is 23.2 Å². The topological polar surface area (TPSA) is 47.7 Å². The van der Waals surface area contributed by atoms with Crippen molar-refractivity contribution in [3.8, 4) is 28.2 Å². The van der Waals surface area contributed by atoms with Crippen LogP contribution in [0.15, 0.2) is 53.1 Å². The second-order valence-electron chi connectivity index (χ2n) is 9.31. The summed E-state index contributed by atoms with van der Waals surface area (Å²) in [5.41, 5.74) is 1.98. The fourth-order valence-corrected chi connectivity index (χ4v) is 5.07. The Hall–Kier alpha value is -2.50. The van der Waals surface area contributed by atoms with Crippen molar-refractivity contribution in [2.45, 2.75) is 50.2 Å². The maximum absolute atomic E-state index is 15.2. The molecule has 206 valence electrons. The van der Waals surface area contributed by atoms with E-state index in [1.54, 1.807) is 35.2 Å². The van der Waals surface area contributed by atoms with E-state index in [1.165, 1.54) is 27.1 Å². The molecule has 1 saturated heterocycles. The van der Waals surface area contributed by atoms with Crippen LogP contribution in [0.5, 0.6) is 5.75 Å². The number of hydrogen-bond acceptors (Lipinski definition) is 6. The predicted molar refractivity (Wildman–Crippen MR) is 146 cm³/mol. The Labute approximate surface area is 238 Å². The van der Waals surface area contributed by atoms with Gasteiger partial charge in [-0.05, 0) is 69.8 Å². The van der Waals surface area contributed by atoms with Crippen LogP contribution in [0.3, 0.4) is 0 Å². The highest BCUT2D eigenvalue weighted by molar-refractivity contribution is 14.2. The normalized spacial score (nSPS) is 18.9. The molecule has 1 atom stereocenters. The Morgan fingerprint density at radius 1 is 1.10 bits per heavy atom. The first kappa shape index (κ1) is 28.0. The van der Waals surface area contributed by atoms with Crippen molar-refractivity contribution in [2.24, 2.45) is 0 Å². The molecule has 0 N–H and O–H groups in total. The molecule has 39 heavy (non-hydrogen) atoms. The molecule has 2 heterocycles. The lowest BCUT2D eigenvalue weighted by molar-refractivity contribution is -0.274. The molecule has 0 spiro atoms. The van der Waals surface area contributed by atoms with Gasteiger partial charge in [0.2, 0.25) is 0 Å². The summed E-state index contributed by atoms with van der Waals surface area (Å²) in [7, 11) is 1.36. The van der Waals surface area contributed by atoms with Crippen LogP contribution < -0.4 is 9.64 Å². The minimum atomic E-state index is -4.91. The Kier molecular flexibility index (Phi) is 8.30. The van der Waals surface area contributed by atoms with Crippen LogP contribution in [-0.2, 0) is 11.3 Å². The fourth-order valence-electron chi connectivity index (χ4n) is 4.58. The molecule has 1 aliphatic heterocycles. The summed E-state index contributed by atoms with van der Waals surface area (Å²) < 4.78 is 84.9. The molecule has 3 aromatic rings. The number of para-hydroxylation sites is 1. The molecule has 0 bridgehead atoms. The van der Waals surface area contributed by atoms with E-state index in [-0.39, 0.29) is 30.2 Å². The third kappa shape index (κ3) is 6.81. The largest absolute Gasteiger partial charge is 0.573 e. The monoisotopic (exact) mass is 676 g/mol. The number of benzene rings is 2. The summed E-state index contributed by atoms with van der Waals surface area (Å²) >= 11 is 2.07. The standard InChI is InChI=1S/C27H22F5IN2O3S/c28-26(29)16-35(19-9-5-17(6-10-19)12-14-39-33)13-11-23(26)36-15-21-24(34-38-25(21)18-7-8-18)20-3-1-2-4-22(20)37-27(30,31)32/h1-6,9-10,18,23H,7-8,11,13,15-16H2. The van der Waals surface area contributed by atoms with Gasteiger partial charge in [-0.3, -0.25) is 0 Å². The van der Waals surface area contributed by atoms with Gasteiger partial charge >= 0.3 is 6.36 Å². The average Bonchev–Trinajstić information content (AvgIpc) is 3.65. The van der Waals surface area contributed by atoms with Crippen molar-refractivity contribution in [3.63, 3.8) is 0 Å². The number of aromatic nitrogens is 1. The number of hydrogen-bond donors (Lipinski definition) is 0. The Morgan fingerprint density at radius 3 is 2.51 bits per heavy atom. The third-order valence-corrected chi connectivity index (χ3v) is 7.40. The molecule has 1 aromatic heterocycles. The molecule has 2 aromatic carbocycles. The van der Waals surface area contributed by atoms with Gasteiger partial charge in [-0.2, -0.15) is 0 Å². The van der Waals surface area contributed by atoms with Gasteiger partial charge in [-0.25, -0.2) is 8.78 Å². The van der Waals surface area contributed by atoms with E-state index in [2.05, 4.69) is 42.3 Å². The molecule has 1 saturated carbocycles. The van der Waals surface area contributed by atoms with Gasteiger partial charge in [0, 0.05) is 56.0 Å². The molecular weight excluding hydrogens is 654 g/mol. The minimum absolute atomic E-state index is 0.0334. The summed E-state index contributed by atoms with van der Waals surface area (Å²) in [5, 5.41) is 6.89. The Bertz CT molecular complexity index is 1370. The second-order valence-corrected chi connectivity index (χ2v) is 11.0. The third-order valence-electron chi connectivity index (χ3n) is 6.56. The first-order chi connectivity index (χ1) is 18.6. The van der Waals surface area contributed by atoms with E-state index in [0.717, 1.165) is 18.4 Å².